The molecule has 2 aromatic rings. The van der Waals surface area contributed by atoms with Crippen molar-refractivity contribution in [2.75, 3.05) is 26.9 Å². The Kier molecular flexibility index (Phi) is 6.17. The molecule has 1 amide bonds. The van der Waals surface area contributed by atoms with Gasteiger partial charge in [0.15, 0.2) is 6.61 Å². The van der Waals surface area contributed by atoms with Gasteiger partial charge in [0.1, 0.15) is 5.58 Å². The Labute approximate surface area is 134 Å². The first-order chi connectivity index (χ1) is 11.1. The van der Waals surface area contributed by atoms with Crippen LogP contribution in [0.5, 0.6) is 0 Å². The first-order valence-electron chi connectivity index (χ1n) is 7.54. The van der Waals surface area contributed by atoms with E-state index in [1.54, 1.807) is 13.4 Å². The molecule has 0 saturated carbocycles. The number of hydrogen-bond acceptors (Lipinski definition) is 5. The van der Waals surface area contributed by atoms with Crippen molar-refractivity contribution in [3.05, 3.63) is 35.6 Å². The number of carbonyl (C=O) groups excluding carboxylic acids is 2. The topological polar surface area (TPSA) is 77.8 Å². The number of amides is 1. The van der Waals surface area contributed by atoms with E-state index in [1.807, 2.05) is 18.2 Å². The Balaban J connectivity index is 1.87. The number of benzene rings is 1. The molecular weight excluding hydrogens is 298 g/mol. The van der Waals surface area contributed by atoms with Crippen LogP contribution in [0.25, 0.3) is 11.0 Å². The van der Waals surface area contributed by atoms with Crippen LogP contribution >= 0.6 is 0 Å². The highest BCUT2D eigenvalue weighted by Gasteiger charge is 2.13. The summed E-state index contributed by atoms with van der Waals surface area (Å²) in [6, 6.07) is 5.92. The van der Waals surface area contributed by atoms with E-state index in [2.05, 4.69) is 12.2 Å². The lowest BCUT2D eigenvalue weighted by Gasteiger charge is -2.05. The molecule has 1 aromatic carbocycles. The predicted octanol–water partition coefficient (Wildman–Crippen LogP) is 1.84. The average Bonchev–Trinajstić information content (AvgIpc) is 2.95. The van der Waals surface area contributed by atoms with Gasteiger partial charge in [-0.05, 0) is 18.1 Å². The van der Waals surface area contributed by atoms with Gasteiger partial charge in [0.2, 0.25) is 0 Å². The van der Waals surface area contributed by atoms with Crippen LogP contribution in [0.1, 0.15) is 18.1 Å². The molecule has 6 heteroatoms. The largest absolute Gasteiger partial charge is 0.464 e. The number of methoxy groups -OCH3 is 1. The van der Waals surface area contributed by atoms with Crippen molar-refractivity contribution in [3.8, 4) is 0 Å². The summed E-state index contributed by atoms with van der Waals surface area (Å²) in [6.07, 6.45) is 2.56. The molecule has 2 rings (SSSR count). The van der Waals surface area contributed by atoms with Crippen LogP contribution in [0, 0.1) is 0 Å². The third-order valence-corrected chi connectivity index (χ3v) is 3.46. The molecule has 124 valence electrons. The highest BCUT2D eigenvalue weighted by Crippen LogP contribution is 2.23. The summed E-state index contributed by atoms with van der Waals surface area (Å²) in [5, 5.41) is 3.47. The van der Waals surface area contributed by atoms with Gasteiger partial charge in [-0.2, -0.15) is 0 Å². The molecule has 23 heavy (non-hydrogen) atoms. The van der Waals surface area contributed by atoms with E-state index in [4.69, 9.17) is 13.9 Å². The van der Waals surface area contributed by atoms with Gasteiger partial charge >= 0.3 is 5.97 Å². The number of nitrogens with one attached hydrogen (secondary N) is 1. The average molecular weight is 319 g/mol. The monoisotopic (exact) mass is 319 g/mol. The molecule has 0 unspecified atom stereocenters. The Morgan fingerprint density at radius 1 is 1.30 bits per heavy atom. The van der Waals surface area contributed by atoms with Crippen molar-refractivity contribution in [3.63, 3.8) is 0 Å². The zero-order chi connectivity index (χ0) is 16.7. The van der Waals surface area contributed by atoms with Gasteiger partial charge in [-0.25, -0.2) is 0 Å². The van der Waals surface area contributed by atoms with E-state index in [0.29, 0.717) is 13.2 Å². The fourth-order valence-electron chi connectivity index (χ4n) is 2.18. The quantitative estimate of drug-likeness (QED) is 0.593. The van der Waals surface area contributed by atoms with Crippen molar-refractivity contribution in [1.29, 1.82) is 0 Å². The highest BCUT2D eigenvalue weighted by molar-refractivity contribution is 5.87. The minimum Gasteiger partial charge on any atom is -0.464 e. The summed E-state index contributed by atoms with van der Waals surface area (Å²) in [4.78, 5) is 23.3. The fraction of sp³-hybridized carbons (Fsp3) is 0.412. The van der Waals surface area contributed by atoms with Gasteiger partial charge in [-0.15, -0.1) is 0 Å². The number of aryl methyl sites for hydroxylation is 1. The Bertz CT molecular complexity index is 677. The lowest BCUT2D eigenvalue weighted by atomic mass is 10.1. The number of ether oxygens (including phenoxy) is 2. The molecule has 0 radical (unpaired) electrons. The van der Waals surface area contributed by atoms with Gasteiger partial charge in [0, 0.05) is 24.6 Å². The number of hydrogen-bond donors (Lipinski definition) is 1. The van der Waals surface area contributed by atoms with Gasteiger partial charge < -0.3 is 19.2 Å². The molecule has 0 bridgehead atoms. The van der Waals surface area contributed by atoms with Crippen molar-refractivity contribution in [2.45, 2.75) is 19.8 Å². The van der Waals surface area contributed by atoms with Gasteiger partial charge in [-0.1, -0.05) is 19.1 Å². The van der Waals surface area contributed by atoms with Gasteiger partial charge in [0.05, 0.1) is 19.3 Å². The van der Waals surface area contributed by atoms with Crippen LogP contribution in [-0.2, 0) is 31.9 Å². The van der Waals surface area contributed by atoms with E-state index < -0.39 is 5.97 Å². The summed E-state index contributed by atoms with van der Waals surface area (Å²) in [7, 11) is 1.55. The minimum atomic E-state index is -0.464. The van der Waals surface area contributed by atoms with Crippen LogP contribution in [0.2, 0.25) is 0 Å². The number of rotatable bonds is 8. The normalized spacial score (nSPS) is 10.7. The van der Waals surface area contributed by atoms with Gasteiger partial charge in [-0.3, -0.25) is 9.59 Å². The molecule has 6 nitrogen and oxygen atoms in total. The number of furan rings is 1. The number of carbonyl (C=O) groups is 2. The first kappa shape index (κ1) is 17.0. The second-order valence-corrected chi connectivity index (χ2v) is 5.13. The smallest absolute Gasteiger partial charge is 0.310 e. The van der Waals surface area contributed by atoms with Crippen LogP contribution in [0.15, 0.2) is 28.9 Å². The zero-order valence-electron chi connectivity index (χ0n) is 13.4. The van der Waals surface area contributed by atoms with Crippen LogP contribution in [-0.4, -0.2) is 38.7 Å². The maximum Gasteiger partial charge on any atom is 0.310 e. The molecule has 0 atom stereocenters. The van der Waals surface area contributed by atoms with Crippen molar-refractivity contribution in [1.82, 2.24) is 5.32 Å². The molecule has 0 spiro atoms. The third-order valence-electron chi connectivity index (χ3n) is 3.46. The van der Waals surface area contributed by atoms with E-state index in [-0.39, 0.29) is 18.9 Å². The van der Waals surface area contributed by atoms with Crippen molar-refractivity contribution in [2.24, 2.45) is 0 Å². The second-order valence-electron chi connectivity index (χ2n) is 5.13. The van der Waals surface area contributed by atoms with E-state index in [9.17, 15) is 9.59 Å². The Morgan fingerprint density at radius 2 is 2.13 bits per heavy atom. The maximum absolute atomic E-state index is 11.8. The second kappa shape index (κ2) is 8.33. The molecular formula is C17H21NO5. The predicted molar refractivity (Wildman–Crippen MR) is 85.1 cm³/mol. The van der Waals surface area contributed by atoms with E-state index >= 15 is 0 Å². The van der Waals surface area contributed by atoms with Crippen molar-refractivity contribution < 1.29 is 23.5 Å². The standard InChI is InChI=1S/C17H21NO5/c1-3-12-4-5-14-13(10-22-15(14)8-12)9-17(20)23-11-16(19)18-6-7-21-2/h4-5,8,10H,3,6-7,9,11H2,1-2H3,(H,18,19). The lowest BCUT2D eigenvalue weighted by molar-refractivity contribution is -0.147. The zero-order valence-corrected chi connectivity index (χ0v) is 13.4. The Hall–Kier alpha value is -2.34. The lowest BCUT2D eigenvalue weighted by Crippen LogP contribution is -2.31. The maximum atomic E-state index is 11.8. The Morgan fingerprint density at radius 3 is 2.87 bits per heavy atom. The van der Waals surface area contributed by atoms with Crippen LogP contribution < -0.4 is 5.32 Å². The fourth-order valence-corrected chi connectivity index (χ4v) is 2.18. The van der Waals surface area contributed by atoms with E-state index in [0.717, 1.165) is 23.0 Å². The molecule has 0 fully saturated rings. The third kappa shape index (κ3) is 4.82. The van der Waals surface area contributed by atoms with Gasteiger partial charge in [0.25, 0.3) is 5.91 Å². The molecule has 1 aromatic heterocycles. The molecule has 1 N–H and O–H groups in total. The molecule has 0 aliphatic carbocycles. The molecule has 1 heterocycles. The van der Waals surface area contributed by atoms with Crippen LogP contribution in [0.3, 0.4) is 0 Å². The summed E-state index contributed by atoms with van der Waals surface area (Å²) in [5.41, 5.74) is 2.69. The first-order valence-corrected chi connectivity index (χ1v) is 7.54. The highest BCUT2D eigenvalue weighted by atomic mass is 16.5. The molecule has 0 saturated heterocycles. The summed E-state index contributed by atoms with van der Waals surface area (Å²) in [5.74, 6) is -0.811. The molecule has 0 aliphatic rings. The summed E-state index contributed by atoms with van der Waals surface area (Å²) >= 11 is 0. The minimum absolute atomic E-state index is 0.0732. The summed E-state index contributed by atoms with van der Waals surface area (Å²) in [6.45, 7) is 2.58. The molecule has 0 aliphatic heterocycles. The van der Waals surface area contributed by atoms with Crippen molar-refractivity contribution >= 4 is 22.8 Å². The van der Waals surface area contributed by atoms with E-state index in [1.165, 1.54) is 5.56 Å². The number of esters is 1. The number of fused-ring (bicyclic) bond motifs is 1. The van der Waals surface area contributed by atoms with Crippen LogP contribution in [0.4, 0.5) is 0 Å². The summed E-state index contributed by atoms with van der Waals surface area (Å²) < 4.78 is 15.3. The SMILES string of the molecule is CCc1ccc2c(CC(=O)OCC(=O)NCCOC)coc2c1.